The first-order valence-electron chi connectivity index (χ1n) is 9.24. The third kappa shape index (κ3) is 4.87. The normalized spacial score (nSPS) is 14.5. The number of anilines is 2. The van der Waals surface area contributed by atoms with Gasteiger partial charge in [0, 0.05) is 23.5 Å². The minimum atomic E-state index is -0.150. The van der Waals surface area contributed by atoms with E-state index >= 15 is 0 Å². The Hall–Kier alpha value is -2.83. The number of nitrogens with one attached hydrogen (secondary N) is 2. The highest BCUT2D eigenvalue weighted by Crippen LogP contribution is 2.30. The van der Waals surface area contributed by atoms with Crippen molar-refractivity contribution in [1.29, 1.82) is 0 Å². The van der Waals surface area contributed by atoms with E-state index in [1.807, 2.05) is 13.0 Å². The molecular weight excluding hydrogens is 344 g/mol. The first-order chi connectivity index (χ1) is 13.1. The van der Waals surface area contributed by atoms with Crippen LogP contribution in [-0.4, -0.2) is 36.1 Å². The fraction of sp³-hybridized carbons (Fsp3) is 0.450. The van der Waals surface area contributed by atoms with Gasteiger partial charge in [-0.2, -0.15) is 0 Å². The van der Waals surface area contributed by atoms with E-state index < -0.39 is 0 Å². The number of aromatic nitrogens is 2. The predicted octanol–water partition coefficient (Wildman–Crippen LogP) is 3.61. The first kappa shape index (κ1) is 18.9. The van der Waals surface area contributed by atoms with Gasteiger partial charge in [0.15, 0.2) is 11.5 Å². The zero-order chi connectivity index (χ0) is 19.2. The summed E-state index contributed by atoms with van der Waals surface area (Å²) < 4.78 is 10.6. The third-order valence-corrected chi connectivity index (χ3v) is 4.67. The Kier molecular flexibility index (Phi) is 6.11. The van der Waals surface area contributed by atoms with Crippen molar-refractivity contribution in [3.05, 3.63) is 35.7 Å². The van der Waals surface area contributed by atoms with Gasteiger partial charge in [0.25, 0.3) is 5.91 Å². The van der Waals surface area contributed by atoms with Gasteiger partial charge in [0.05, 0.1) is 14.2 Å². The third-order valence-electron chi connectivity index (χ3n) is 4.67. The summed E-state index contributed by atoms with van der Waals surface area (Å²) >= 11 is 0. The van der Waals surface area contributed by atoms with Crippen molar-refractivity contribution in [1.82, 2.24) is 15.3 Å². The smallest absolute Gasteiger partial charge is 0.270 e. The number of hydrogen-bond donors (Lipinski definition) is 2. The molecule has 1 aliphatic rings. The second kappa shape index (κ2) is 8.70. The molecule has 2 N–H and O–H groups in total. The quantitative estimate of drug-likeness (QED) is 0.808. The van der Waals surface area contributed by atoms with Crippen molar-refractivity contribution in [2.45, 2.75) is 45.1 Å². The number of amides is 1. The first-order valence-corrected chi connectivity index (χ1v) is 9.24. The Balaban J connectivity index is 1.75. The van der Waals surface area contributed by atoms with E-state index in [1.165, 1.54) is 19.3 Å². The minimum absolute atomic E-state index is 0.150. The Morgan fingerprint density at radius 2 is 1.78 bits per heavy atom. The molecule has 1 aliphatic carbocycles. The Morgan fingerprint density at radius 3 is 2.48 bits per heavy atom. The topological polar surface area (TPSA) is 85.4 Å². The Morgan fingerprint density at radius 1 is 1.04 bits per heavy atom. The summed E-state index contributed by atoms with van der Waals surface area (Å²) in [4.78, 5) is 21.4. The molecule has 1 aromatic carbocycles. The van der Waals surface area contributed by atoms with E-state index in [-0.39, 0.29) is 11.9 Å². The maximum Gasteiger partial charge on any atom is 0.270 e. The van der Waals surface area contributed by atoms with Gasteiger partial charge in [-0.15, -0.1) is 0 Å². The molecule has 1 amide bonds. The van der Waals surface area contributed by atoms with Crippen molar-refractivity contribution in [3.8, 4) is 11.5 Å². The standard InChI is InChI=1S/C20H26N4O3/c1-13-11-16(19(25)22-14-7-5-4-6-8-14)24-20(21-13)23-15-9-10-17(26-2)18(12-15)27-3/h9-12,14H,4-8H2,1-3H3,(H,22,25)(H,21,23,24). The highest BCUT2D eigenvalue weighted by atomic mass is 16.5. The van der Waals surface area contributed by atoms with Gasteiger partial charge in [0.2, 0.25) is 5.95 Å². The summed E-state index contributed by atoms with van der Waals surface area (Å²) in [6.45, 7) is 1.85. The molecule has 1 fully saturated rings. The molecule has 0 saturated heterocycles. The number of benzene rings is 1. The molecular formula is C20H26N4O3. The number of carbonyl (C=O) groups is 1. The summed E-state index contributed by atoms with van der Waals surface area (Å²) in [5, 5.41) is 6.23. The lowest BCUT2D eigenvalue weighted by Gasteiger charge is -2.22. The van der Waals surface area contributed by atoms with E-state index in [0.29, 0.717) is 23.1 Å². The van der Waals surface area contributed by atoms with Crippen LogP contribution in [-0.2, 0) is 0 Å². The van der Waals surface area contributed by atoms with Crippen LogP contribution >= 0.6 is 0 Å². The van der Waals surface area contributed by atoms with Crippen LogP contribution in [0.25, 0.3) is 0 Å². The largest absolute Gasteiger partial charge is 0.493 e. The zero-order valence-corrected chi connectivity index (χ0v) is 16.0. The zero-order valence-electron chi connectivity index (χ0n) is 16.0. The van der Waals surface area contributed by atoms with Crippen LogP contribution in [0.2, 0.25) is 0 Å². The highest BCUT2D eigenvalue weighted by Gasteiger charge is 2.18. The number of methoxy groups -OCH3 is 2. The van der Waals surface area contributed by atoms with Gasteiger partial charge in [-0.1, -0.05) is 19.3 Å². The van der Waals surface area contributed by atoms with E-state index in [1.54, 1.807) is 32.4 Å². The molecule has 144 valence electrons. The summed E-state index contributed by atoms with van der Waals surface area (Å²) in [5.41, 5.74) is 1.84. The predicted molar refractivity (Wildman–Crippen MR) is 104 cm³/mol. The molecule has 0 radical (unpaired) electrons. The van der Waals surface area contributed by atoms with Crippen LogP contribution in [0.3, 0.4) is 0 Å². The molecule has 0 bridgehead atoms. The highest BCUT2D eigenvalue weighted by molar-refractivity contribution is 5.92. The van der Waals surface area contributed by atoms with Crippen molar-refractivity contribution >= 4 is 17.5 Å². The number of carbonyl (C=O) groups excluding carboxylic acids is 1. The Bertz CT molecular complexity index is 804. The number of rotatable bonds is 6. The molecule has 1 saturated carbocycles. The number of hydrogen-bond acceptors (Lipinski definition) is 6. The lowest BCUT2D eigenvalue weighted by molar-refractivity contribution is 0.0922. The maximum atomic E-state index is 12.6. The molecule has 27 heavy (non-hydrogen) atoms. The van der Waals surface area contributed by atoms with E-state index in [0.717, 1.165) is 24.2 Å². The van der Waals surface area contributed by atoms with Crippen LogP contribution in [0.15, 0.2) is 24.3 Å². The van der Waals surface area contributed by atoms with Crippen molar-refractivity contribution in [3.63, 3.8) is 0 Å². The van der Waals surface area contributed by atoms with Gasteiger partial charge >= 0.3 is 0 Å². The number of aryl methyl sites for hydroxylation is 1. The van der Waals surface area contributed by atoms with Crippen molar-refractivity contribution in [2.24, 2.45) is 0 Å². The summed E-state index contributed by atoms with van der Waals surface area (Å²) in [6, 6.07) is 7.39. The average Bonchev–Trinajstić information content (AvgIpc) is 2.68. The van der Waals surface area contributed by atoms with Crippen LogP contribution in [0.4, 0.5) is 11.6 Å². The number of ether oxygens (including phenoxy) is 2. The van der Waals surface area contributed by atoms with E-state index in [2.05, 4.69) is 20.6 Å². The van der Waals surface area contributed by atoms with Gasteiger partial charge in [-0.05, 0) is 38.0 Å². The van der Waals surface area contributed by atoms with Gasteiger partial charge < -0.3 is 20.1 Å². The summed E-state index contributed by atoms with van der Waals surface area (Å²) in [7, 11) is 3.17. The van der Waals surface area contributed by atoms with Gasteiger partial charge in [-0.3, -0.25) is 4.79 Å². The van der Waals surface area contributed by atoms with Gasteiger partial charge in [-0.25, -0.2) is 9.97 Å². The minimum Gasteiger partial charge on any atom is -0.493 e. The molecule has 0 aliphatic heterocycles. The average molecular weight is 370 g/mol. The fourth-order valence-electron chi connectivity index (χ4n) is 3.29. The van der Waals surface area contributed by atoms with E-state index in [4.69, 9.17) is 9.47 Å². The lowest BCUT2D eigenvalue weighted by Crippen LogP contribution is -2.36. The SMILES string of the molecule is COc1ccc(Nc2nc(C)cc(C(=O)NC3CCCCC3)n2)cc1OC. The molecule has 2 aromatic rings. The summed E-state index contributed by atoms with van der Waals surface area (Å²) in [5.74, 6) is 1.46. The van der Waals surface area contributed by atoms with Crippen LogP contribution in [0, 0.1) is 6.92 Å². The van der Waals surface area contributed by atoms with Crippen LogP contribution in [0.1, 0.15) is 48.3 Å². The molecule has 0 spiro atoms. The molecule has 1 heterocycles. The van der Waals surface area contributed by atoms with Crippen molar-refractivity contribution < 1.29 is 14.3 Å². The molecule has 1 aromatic heterocycles. The Labute approximate surface area is 159 Å². The van der Waals surface area contributed by atoms with Crippen LogP contribution in [0.5, 0.6) is 11.5 Å². The molecule has 3 rings (SSSR count). The number of nitrogens with zero attached hydrogens (tertiary/aromatic N) is 2. The van der Waals surface area contributed by atoms with Gasteiger partial charge in [0.1, 0.15) is 5.69 Å². The van der Waals surface area contributed by atoms with Crippen LogP contribution < -0.4 is 20.1 Å². The molecule has 7 nitrogen and oxygen atoms in total. The lowest BCUT2D eigenvalue weighted by atomic mass is 9.95. The summed E-state index contributed by atoms with van der Waals surface area (Å²) in [6.07, 6.45) is 5.65. The molecule has 0 atom stereocenters. The molecule has 0 unspecified atom stereocenters. The second-order valence-electron chi connectivity index (χ2n) is 6.72. The van der Waals surface area contributed by atoms with E-state index in [9.17, 15) is 4.79 Å². The molecule has 7 heteroatoms. The fourth-order valence-corrected chi connectivity index (χ4v) is 3.29. The maximum absolute atomic E-state index is 12.6. The van der Waals surface area contributed by atoms with Crippen molar-refractivity contribution in [2.75, 3.05) is 19.5 Å². The monoisotopic (exact) mass is 370 g/mol. The second-order valence-corrected chi connectivity index (χ2v) is 6.72.